The predicted molar refractivity (Wildman–Crippen MR) is 151 cm³/mol. The average molecular weight is 586 g/mol. The highest BCUT2D eigenvalue weighted by Crippen LogP contribution is 2.33. The fourth-order valence-corrected chi connectivity index (χ4v) is 5.40. The van der Waals surface area contributed by atoms with Crippen molar-refractivity contribution in [3.8, 4) is 0 Å². The van der Waals surface area contributed by atoms with E-state index in [2.05, 4.69) is 15.3 Å². The molecule has 0 bridgehead atoms. The second-order valence-electron chi connectivity index (χ2n) is 9.26. The van der Waals surface area contributed by atoms with Gasteiger partial charge in [-0.05, 0) is 55.5 Å². The zero-order valence-electron chi connectivity index (χ0n) is 20.6. The number of carbonyl (C=O) groups excluding carboxylic acids is 2. The highest BCUT2D eigenvalue weighted by Gasteiger charge is 2.28. The average Bonchev–Trinajstić information content (AvgIpc) is 2.96. The summed E-state index contributed by atoms with van der Waals surface area (Å²) in [6.07, 6.45) is 8.17. The van der Waals surface area contributed by atoms with Gasteiger partial charge in [0.25, 0.3) is 5.91 Å². The van der Waals surface area contributed by atoms with E-state index in [9.17, 15) is 14.4 Å². The van der Waals surface area contributed by atoms with Crippen molar-refractivity contribution in [2.24, 2.45) is 0 Å². The van der Waals surface area contributed by atoms with E-state index in [4.69, 9.17) is 39.5 Å². The molecule has 3 heterocycles. The van der Waals surface area contributed by atoms with Gasteiger partial charge >= 0.3 is 5.97 Å². The molecule has 0 saturated heterocycles. The van der Waals surface area contributed by atoms with Gasteiger partial charge in [0.05, 0.1) is 26.7 Å². The molecular formula is C28H23Cl3N4O4. The Morgan fingerprint density at radius 2 is 1.79 bits per heavy atom. The molecule has 200 valence electrons. The fraction of sp³-hybridized carbons (Fsp3) is 0.250. The van der Waals surface area contributed by atoms with Crippen LogP contribution in [0.15, 0.2) is 66.0 Å². The van der Waals surface area contributed by atoms with Gasteiger partial charge in [0, 0.05) is 36.7 Å². The lowest BCUT2D eigenvalue weighted by Crippen LogP contribution is -2.29. The molecule has 1 aliphatic carbocycles. The van der Waals surface area contributed by atoms with Crippen LogP contribution < -0.4 is 10.7 Å². The van der Waals surface area contributed by atoms with Crippen molar-refractivity contribution in [3.63, 3.8) is 0 Å². The third-order valence-electron chi connectivity index (χ3n) is 6.75. The zero-order chi connectivity index (χ0) is 27.5. The SMILES string of the molecule is O=C(O[C@H]1CC[C@H](n2cc(C(=O)Nc3c(Cl)cncc3Cl)c(=O)c3cccnc32)CC1)c1cccc(CCl)c1. The highest BCUT2D eigenvalue weighted by molar-refractivity contribution is 6.39. The first kappa shape index (κ1) is 27.1. The summed E-state index contributed by atoms with van der Waals surface area (Å²) < 4.78 is 7.63. The molecule has 1 fully saturated rings. The third-order valence-corrected chi connectivity index (χ3v) is 7.63. The summed E-state index contributed by atoms with van der Waals surface area (Å²) in [5.74, 6) is -0.708. The second kappa shape index (κ2) is 11.7. The summed E-state index contributed by atoms with van der Waals surface area (Å²) in [6, 6.07) is 10.3. The number of pyridine rings is 3. The Morgan fingerprint density at radius 3 is 2.51 bits per heavy atom. The standard InChI is InChI=1S/C28H23Cl3N4O4/c29-12-16-3-1-4-17(11-16)28(38)39-19-8-6-18(7-9-19)35-15-21(25(36)20-5-2-10-33-26(20)35)27(37)34-24-22(30)13-32-14-23(24)31/h1-5,10-11,13-15,18-19H,6-9,12H2,(H,32,34,37)/t18-,19-. The van der Waals surface area contributed by atoms with Crippen molar-refractivity contribution in [1.82, 2.24) is 14.5 Å². The largest absolute Gasteiger partial charge is 0.459 e. The molecule has 8 nitrogen and oxygen atoms in total. The van der Waals surface area contributed by atoms with Gasteiger partial charge in [-0.25, -0.2) is 9.78 Å². The number of fused-ring (bicyclic) bond motifs is 1. The van der Waals surface area contributed by atoms with Crippen molar-refractivity contribution >= 4 is 63.4 Å². The van der Waals surface area contributed by atoms with E-state index >= 15 is 0 Å². The van der Waals surface area contributed by atoms with E-state index in [0.717, 1.165) is 5.56 Å². The number of hydrogen-bond acceptors (Lipinski definition) is 6. The van der Waals surface area contributed by atoms with Crippen molar-refractivity contribution < 1.29 is 14.3 Å². The molecule has 0 aliphatic heterocycles. The predicted octanol–water partition coefficient (Wildman–Crippen LogP) is 6.43. The Labute approximate surface area is 238 Å². The molecule has 3 aromatic heterocycles. The van der Waals surface area contributed by atoms with E-state index in [1.807, 2.05) is 10.6 Å². The zero-order valence-corrected chi connectivity index (χ0v) is 22.8. The van der Waals surface area contributed by atoms with Crippen LogP contribution in [0.1, 0.15) is 58.0 Å². The number of aromatic nitrogens is 3. The molecule has 0 unspecified atom stereocenters. The van der Waals surface area contributed by atoms with Crippen molar-refractivity contribution in [2.75, 3.05) is 5.32 Å². The number of ether oxygens (including phenoxy) is 1. The lowest BCUT2D eigenvalue weighted by molar-refractivity contribution is 0.0173. The number of rotatable bonds is 6. The molecule has 5 rings (SSSR count). The number of halogens is 3. The van der Waals surface area contributed by atoms with E-state index in [1.165, 1.54) is 18.6 Å². The Kier molecular flexibility index (Phi) is 8.16. The van der Waals surface area contributed by atoms with Crippen molar-refractivity contribution in [3.05, 3.63) is 98.1 Å². The minimum absolute atomic E-state index is 0.0582. The molecule has 4 aromatic rings. The van der Waals surface area contributed by atoms with Gasteiger partial charge in [-0.2, -0.15) is 0 Å². The third kappa shape index (κ3) is 5.78. The van der Waals surface area contributed by atoms with Gasteiger partial charge in [0.1, 0.15) is 17.3 Å². The van der Waals surface area contributed by atoms with Crippen molar-refractivity contribution in [2.45, 2.75) is 43.7 Å². The van der Waals surface area contributed by atoms with Gasteiger partial charge in [0.15, 0.2) is 0 Å². The van der Waals surface area contributed by atoms with Crippen LogP contribution in [0.3, 0.4) is 0 Å². The molecule has 0 radical (unpaired) electrons. The van der Waals surface area contributed by atoms with Gasteiger partial charge in [-0.15, -0.1) is 11.6 Å². The number of amides is 1. The summed E-state index contributed by atoms with van der Waals surface area (Å²) in [5.41, 5.74) is 1.46. The van der Waals surface area contributed by atoms with Crippen LogP contribution in [0.2, 0.25) is 10.0 Å². The number of esters is 1. The Balaban J connectivity index is 1.37. The molecule has 1 aromatic carbocycles. The number of carbonyl (C=O) groups is 2. The maximum atomic E-state index is 13.3. The summed E-state index contributed by atoms with van der Waals surface area (Å²) in [6.45, 7) is 0. The van der Waals surface area contributed by atoms with Crippen LogP contribution in [0.25, 0.3) is 11.0 Å². The van der Waals surface area contributed by atoms with Crippen LogP contribution in [0.5, 0.6) is 0 Å². The first-order valence-electron chi connectivity index (χ1n) is 12.3. The lowest BCUT2D eigenvalue weighted by atomic mass is 9.92. The minimum atomic E-state index is -0.642. The van der Waals surface area contributed by atoms with Crippen LogP contribution in [-0.2, 0) is 10.6 Å². The Hall–Kier alpha value is -3.46. The summed E-state index contributed by atoms with van der Waals surface area (Å²) >= 11 is 18.2. The van der Waals surface area contributed by atoms with Crippen LogP contribution >= 0.6 is 34.8 Å². The first-order valence-corrected chi connectivity index (χ1v) is 13.6. The fourth-order valence-electron chi connectivity index (χ4n) is 4.78. The van der Waals surface area contributed by atoms with Gasteiger partial charge in [0.2, 0.25) is 5.43 Å². The highest BCUT2D eigenvalue weighted by atomic mass is 35.5. The number of benzene rings is 1. The van der Waals surface area contributed by atoms with E-state index in [-0.39, 0.29) is 39.4 Å². The number of anilines is 1. The van der Waals surface area contributed by atoms with E-state index in [1.54, 1.807) is 36.5 Å². The summed E-state index contributed by atoms with van der Waals surface area (Å²) in [5, 5.41) is 3.27. The second-order valence-corrected chi connectivity index (χ2v) is 10.3. The van der Waals surface area contributed by atoms with Gasteiger partial charge in [-0.3, -0.25) is 14.6 Å². The molecule has 39 heavy (non-hydrogen) atoms. The smallest absolute Gasteiger partial charge is 0.338 e. The summed E-state index contributed by atoms with van der Waals surface area (Å²) in [7, 11) is 0. The monoisotopic (exact) mass is 584 g/mol. The van der Waals surface area contributed by atoms with Gasteiger partial charge in [-0.1, -0.05) is 35.3 Å². The van der Waals surface area contributed by atoms with Crippen molar-refractivity contribution in [1.29, 1.82) is 0 Å². The van der Waals surface area contributed by atoms with Crippen LogP contribution in [-0.4, -0.2) is 32.5 Å². The minimum Gasteiger partial charge on any atom is -0.459 e. The molecule has 1 saturated carbocycles. The lowest BCUT2D eigenvalue weighted by Gasteiger charge is -2.31. The topological polar surface area (TPSA) is 103 Å². The van der Waals surface area contributed by atoms with E-state index < -0.39 is 11.3 Å². The van der Waals surface area contributed by atoms with Crippen LogP contribution in [0.4, 0.5) is 5.69 Å². The molecule has 1 amide bonds. The first-order chi connectivity index (χ1) is 18.9. The molecule has 0 spiro atoms. The maximum absolute atomic E-state index is 13.3. The molecule has 1 aliphatic rings. The normalized spacial score (nSPS) is 17.1. The number of hydrogen-bond donors (Lipinski definition) is 1. The van der Waals surface area contributed by atoms with Gasteiger partial charge < -0.3 is 14.6 Å². The Bertz CT molecular complexity index is 1600. The van der Waals surface area contributed by atoms with Crippen LogP contribution in [0, 0.1) is 0 Å². The number of alkyl halides is 1. The summed E-state index contributed by atoms with van der Waals surface area (Å²) in [4.78, 5) is 47.5. The molecule has 1 N–H and O–H groups in total. The molecule has 0 atom stereocenters. The van der Waals surface area contributed by atoms with E-state index in [0.29, 0.717) is 48.2 Å². The number of nitrogens with zero attached hydrogens (tertiary/aromatic N) is 3. The molecule has 11 heteroatoms. The molecular weight excluding hydrogens is 563 g/mol. The number of nitrogens with one attached hydrogen (secondary N) is 1. The maximum Gasteiger partial charge on any atom is 0.338 e. The Morgan fingerprint density at radius 1 is 1.05 bits per heavy atom. The quantitative estimate of drug-likeness (QED) is 0.207.